The summed E-state index contributed by atoms with van der Waals surface area (Å²) in [6, 6.07) is 16.1. The van der Waals surface area contributed by atoms with Crippen molar-refractivity contribution in [3.8, 4) is 11.5 Å². The van der Waals surface area contributed by atoms with Crippen LogP contribution < -0.4 is 14.8 Å². The van der Waals surface area contributed by atoms with Crippen molar-refractivity contribution in [1.29, 1.82) is 0 Å². The first-order valence-corrected chi connectivity index (χ1v) is 10.2. The zero-order valence-corrected chi connectivity index (χ0v) is 16.8. The lowest BCUT2D eigenvalue weighted by Crippen LogP contribution is -2.40. The minimum absolute atomic E-state index is 0.342. The third-order valence-corrected chi connectivity index (χ3v) is 5.09. The van der Waals surface area contributed by atoms with Crippen LogP contribution in [-0.2, 0) is 13.2 Å². The maximum absolute atomic E-state index is 10.3. The Bertz CT molecular complexity index is 702. The summed E-state index contributed by atoms with van der Waals surface area (Å²) in [6.45, 7) is 4.74. The van der Waals surface area contributed by atoms with Gasteiger partial charge >= 0.3 is 0 Å². The van der Waals surface area contributed by atoms with Crippen molar-refractivity contribution in [3.63, 3.8) is 0 Å². The van der Waals surface area contributed by atoms with Crippen LogP contribution in [0.2, 0.25) is 0 Å². The number of hydrogen-bond donors (Lipinski definition) is 2. The highest BCUT2D eigenvalue weighted by Crippen LogP contribution is 2.28. The number of aliphatic hydroxyl groups excluding tert-OH is 1. The van der Waals surface area contributed by atoms with Crippen LogP contribution in [0.15, 0.2) is 48.5 Å². The van der Waals surface area contributed by atoms with Gasteiger partial charge < -0.3 is 24.8 Å². The van der Waals surface area contributed by atoms with E-state index in [1.54, 1.807) is 7.11 Å². The van der Waals surface area contributed by atoms with Gasteiger partial charge in [0.2, 0.25) is 0 Å². The van der Waals surface area contributed by atoms with Gasteiger partial charge in [0.25, 0.3) is 0 Å². The Kier molecular flexibility index (Phi) is 8.15. The van der Waals surface area contributed by atoms with E-state index in [1.807, 2.05) is 48.5 Å². The molecule has 1 unspecified atom stereocenters. The first-order valence-electron chi connectivity index (χ1n) is 10.2. The molecule has 5 heteroatoms. The number of nitrogens with one attached hydrogen (secondary N) is 1. The molecule has 152 valence electrons. The molecule has 0 bridgehead atoms. The summed E-state index contributed by atoms with van der Waals surface area (Å²) in [4.78, 5) is 2.36. The predicted molar refractivity (Wildman–Crippen MR) is 112 cm³/mol. The lowest BCUT2D eigenvalue weighted by atomic mass is 10.1. The van der Waals surface area contributed by atoms with Crippen LogP contribution in [0.25, 0.3) is 0 Å². The monoisotopic (exact) mass is 384 g/mol. The molecule has 1 atom stereocenters. The van der Waals surface area contributed by atoms with Crippen LogP contribution in [0.1, 0.15) is 30.4 Å². The summed E-state index contributed by atoms with van der Waals surface area (Å²) in [5.74, 6) is 1.46. The molecule has 0 amide bonds. The molecule has 0 aromatic heterocycles. The van der Waals surface area contributed by atoms with Gasteiger partial charge in [0, 0.05) is 19.6 Å². The van der Waals surface area contributed by atoms with Gasteiger partial charge in [-0.3, -0.25) is 0 Å². The van der Waals surface area contributed by atoms with Gasteiger partial charge in [-0.05, 0) is 49.2 Å². The summed E-state index contributed by atoms with van der Waals surface area (Å²) in [7, 11) is 1.65. The van der Waals surface area contributed by atoms with Gasteiger partial charge in [-0.25, -0.2) is 0 Å². The maximum atomic E-state index is 10.3. The van der Waals surface area contributed by atoms with Crippen molar-refractivity contribution in [2.45, 2.75) is 38.5 Å². The Balaban J connectivity index is 1.48. The number of piperidine rings is 1. The molecule has 1 aliphatic heterocycles. The van der Waals surface area contributed by atoms with Gasteiger partial charge in [-0.15, -0.1) is 0 Å². The Morgan fingerprint density at radius 2 is 1.79 bits per heavy atom. The standard InChI is InChI=1S/C23H32N2O3/c1-27-22-11-10-20(14-23(22)28-18-19-8-4-2-5-9-19)15-24-16-21(26)17-25-12-6-3-7-13-25/h2,4-5,8-11,14,21,24,26H,3,6-7,12-13,15-18H2,1H3. The van der Waals surface area contributed by atoms with Crippen LogP contribution in [0.4, 0.5) is 0 Å². The number of benzene rings is 2. The third-order valence-electron chi connectivity index (χ3n) is 5.09. The quantitative estimate of drug-likeness (QED) is 0.659. The molecule has 2 N–H and O–H groups in total. The summed E-state index contributed by atoms with van der Waals surface area (Å²) in [5, 5.41) is 13.6. The molecular weight excluding hydrogens is 352 g/mol. The van der Waals surface area contributed by atoms with E-state index in [4.69, 9.17) is 9.47 Å². The van der Waals surface area contributed by atoms with E-state index in [0.717, 1.165) is 42.3 Å². The van der Waals surface area contributed by atoms with Crippen molar-refractivity contribution in [2.75, 3.05) is 33.3 Å². The number of hydrogen-bond acceptors (Lipinski definition) is 5. The average Bonchev–Trinajstić information content (AvgIpc) is 2.74. The Labute approximate surface area is 168 Å². The van der Waals surface area contributed by atoms with E-state index in [9.17, 15) is 5.11 Å². The Morgan fingerprint density at radius 3 is 2.54 bits per heavy atom. The number of methoxy groups -OCH3 is 1. The maximum Gasteiger partial charge on any atom is 0.161 e. The molecule has 0 aliphatic carbocycles. The highest BCUT2D eigenvalue weighted by molar-refractivity contribution is 5.43. The normalized spacial score (nSPS) is 15.9. The molecule has 5 nitrogen and oxygen atoms in total. The van der Waals surface area contributed by atoms with Gasteiger partial charge in [0.15, 0.2) is 11.5 Å². The van der Waals surface area contributed by atoms with E-state index in [2.05, 4.69) is 10.2 Å². The van der Waals surface area contributed by atoms with Crippen molar-refractivity contribution in [3.05, 3.63) is 59.7 Å². The molecule has 2 aromatic rings. The second kappa shape index (κ2) is 11.1. The molecule has 28 heavy (non-hydrogen) atoms. The van der Waals surface area contributed by atoms with Crippen LogP contribution >= 0.6 is 0 Å². The van der Waals surface area contributed by atoms with Gasteiger partial charge in [0.1, 0.15) is 6.61 Å². The molecule has 1 saturated heterocycles. The smallest absolute Gasteiger partial charge is 0.161 e. The summed E-state index contributed by atoms with van der Waals surface area (Å²) < 4.78 is 11.4. The number of likely N-dealkylation sites (tertiary alicyclic amines) is 1. The number of aliphatic hydroxyl groups is 1. The highest BCUT2D eigenvalue weighted by atomic mass is 16.5. The second-order valence-corrected chi connectivity index (χ2v) is 7.41. The zero-order chi connectivity index (χ0) is 19.6. The minimum Gasteiger partial charge on any atom is -0.493 e. The zero-order valence-electron chi connectivity index (χ0n) is 16.8. The summed E-state index contributed by atoms with van der Waals surface area (Å²) in [5.41, 5.74) is 2.22. The Hall–Kier alpha value is -2.08. The van der Waals surface area contributed by atoms with Crippen LogP contribution in [0.3, 0.4) is 0 Å². The van der Waals surface area contributed by atoms with Crippen LogP contribution in [0, 0.1) is 0 Å². The lowest BCUT2D eigenvalue weighted by Gasteiger charge is -2.28. The molecule has 2 aromatic carbocycles. The number of nitrogens with zero attached hydrogens (tertiary/aromatic N) is 1. The van der Waals surface area contributed by atoms with Gasteiger partial charge in [-0.2, -0.15) is 0 Å². The fourth-order valence-electron chi connectivity index (χ4n) is 3.57. The van der Waals surface area contributed by atoms with Crippen LogP contribution in [-0.4, -0.2) is 49.4 Å². The Morgan fingerprint density at radius 1 is 1.00 bits per heavy atom. The first-order chi connectivity index (χ1) is 13.7. The fraction of sp³-hybridized carbons (Fsp3) is 0.478. The molecule has 3 rings (SSSR count). The number of β-amino-alcohol motifs (C(OH)–C–C–N with tert-alkyl or cyclic N) is 1. The highest BCUT2D eigenvalue weighted by Gasteiger charge is 2.14. The molecular formula is C23H32N2O3. The molecule has 1 heterocycles. The van der Waals surface area contributed by atoms with Crippen molar-refractivity contribution >= 4 is 0 Å². The van der Waals surface area contributed by atoms with Crippen molar-refractivity contribution < 1.29 is 14.6 Å². The predicted octanol–water partition coefficient (Wildman–Crippen LogP) is 3.21. The van der Waals surface area contributed by atoms with E-state index in [1.165, 1.54) is 19.3 Å². The second-order valence-electron chi connectivity index (χ2n) is 7.41. The summed E-state index contributed by atoms with van der Waals surface area (Å²) >= 11 is 0. The van der Waals surface area contributed by atoms with E-state index in [-0.39, 0.29) is 6.10 Å². The van der Waals surface area contributed by atoms with E-state index in [0.29, 0.717) is 19.7 Å². The first kappa shape index (κ1) is 20.6. The SMILES string of the molecule is COc1ccc(CNCC(O)CN2CCCCC2)cc1OCc1ccccc1. The molecule has 1 fully saturated rings. The lowest BCUT2D eigenvalue weighted by molar-refractivity contribution is 0.1000. The van der Waals surface area contributed by atoms with Gasteiger partial charge in [0.05, 0.1) is 13.2 Å². The average molecular weight is 385 g/mol. The van der Waals surface area contributed by atoms with Crippen LogP contribution in [0.5, 0.6) is 11.5 Å². The molecule has 1 aliphatic rings. The molecule has 0 saturated carbocycles. The van der Waals surface area contributed by atoms with Gasteiger partial charge in [-0.1, -0.05) is 42.8 Å². The third kappa shape index (κ3) is 6.51. The van der Waals surface area contributed by atoms with Crippen molar-refractivity contribution in [2.24, 2.45) is 0 Å². The molecule has 0 spiro atoms. The largest absolute Gasteiger partial charge is 0.493 e. The number of ether oxygens (including phenoxy) is 2. The molecule has 0 radical (unpaired) electrons. The fourth-order valence-corrected chi connectivity index (χ4v) is 3.57. The summed E-state index contributed by atoms with van der Waals surface area (Å²) in [6.07, 6.45) is 3.47. The number of rotatable bonds is 10. The van der Waals surface area contributed by atoms with E-state index < -0.39 is 0 Å². The van der Waals surface area contributed by atoms with Crippen molar-refractivity contribution in [1.82, 2.24) is 10.2 Å². The topological polar surface area (TPSA) is 54.0 Å². The van der Waals surface area contributed by atoms with E-state index >= 15 is 0 Å². The minimum atomic E-state index is -0.342.